The number of ether oxygens (including phenoxy) is 2. The van der Waals surface area contributed by atoms with Gasteiger partial charge in [-0.3, -0.25) is 4.90 Å². The fraction of sp³-hybridized carbons (Fsp3) is 0.875. The van der Waals surface area contributed by atoms with Crippen molar-refractivity contribution in [1.29, 1.82) is 0 Å². The van der Waals surface area contributed by atoms with Crippen molar-refractivity contribution in [2.24, 2.45) is 0 Å². The SMILES string of the molecule is COC(=O)C1(O)CC(C)(C)N(C(=O)OC(C)(C)C)C(C)(C)C1. The average molecular weight is 315 g/mol. The van der Waals surface area contributed by atoms with Crippen molar-refractivity contribution in [1.82, 2.24) is 4.90 Å². The molecule has 128 valence electrons. The highest BCUT2D eigenvalue weighted by Gasteiger charge is 2.57. The van der Waals surface area contributed by atoms with Crippen LogP contribution in [0.15, 0.2) is 0 Å². The molecule has 0 aromatic rings. The maximum atomic E-state index is 12.6. The molecule has 22 heavy (non-hydrogen) atoms. The maximum Gasteiger partial charge on any atom is 0.411 e. The molecule has 1 rings (SSSR count). The van der Waals surface area contributed by atoms with Crippen LogP contribution in [0, 0.1) is 0 Å². The second-order valence-corrected chi connectivity index (χ2v) is 8.32. The van der Waals surface area contributed by atoms with E-state index in [2.05, 4.69) is 0 Å². The Balaban J connectivity index is 3.18. The Morgan fingerprint density at radius 1 is 1.05 bits per heavy atom. The van der Waals surface area contributed by atoms with Crippen molar-refractivity contribution >= 4 is 12.1 Å². The first-order valence-corrected chi connectivity index (χ1v) is 7.49. The van der Waals surface area contributed by atoms with Crippen LogP contribution in [0.5, 0.6) is 0 Å². The van der Waals surface area contributed by atoms with Gasteiger partial charge in [0.1, 0.15) is 5.60 Å². The molecule has 0 spiro atoms. The summed E-state index contributed by atoms with van der Waals surface area (Å²) in [4.78, 5) is 26.2. The molecular weight excluding hydrogens is 286 g/mol. The van der Waals surface area contributed by atoms with Crippen LogP contribution in [-0.4, -0.2) is 51.5 Å². The number of rotatable bonds is 1. The van der Waals surface area contributed by atoms with Crippen LogP contribution in [-0.2, 0) is 14.3 Å². The largest absolute Gasteiger partial charge is 0.467 e. The van der Waals surface area contributed by atoms with Crippen LogP contribution in [0.3, 0.4) is 0 Å². The molecule has 0 unspecified atom stereocenters. The standard InChI is InChI=1S/C16H29NO5/c1-13(2,3)22-12(19)17-14(4,5)9-16(20,11(18)21-8)10-15(17,6)7/h20H,9-10H2,1-8H3. The second-order valence-electron chi connectivity index (χ2n) is 8.32. The van der Waals surface area contributed by atoms with Gasteiger partial charge in [-0.1, -0.05) is 0 Å². The van der Waals surface area contributed by atoms with Crippen molar-refractivity contribution in [3.05, 3.63) is 0 Å². The quantitative estimate of drug-likeness (QED) is 0.752. The van der Waals surface area contributed by atoms with Crippen LogP contribution < -0.4 is 0 Å². The first-order chi connectivity index (χ1) is 9.65. The van der Waals surface area contributed by atoms with Gasteiger partial charge in [-0.25, -0.2) is 9.59 Å². The van der Waals surface area contributed by atoms with Crippen molar-refractivity contribution in [2.45, 2.75) is 83.6 Å². The maximum absolute atomic E-state index is 12.6. The van der Waals surface area contributed by atoms with Crippen LogP contribution >= 0.6 is 0 Å². The molecule has 0 aromatic heterocycles. The lowest BCUT2D eigenvalue weighted by Gasteiger charge is -2.56. The Morgan fingerprint density at radius 2 is 1.45 bits per heavy atom. The van der Waals surface area contributed by atoms with E-state index in [-0.39, 0.29) is 12.8 Å². The van der Waals surface area contributed by atoms with E-state index in [9.17, 15) is 14.7 Å². The molecule has 1 N–H and O–H groups in total. The summed E-state index contributed by atoms with van der Waals surface area (Å²) in [5.41, 5.74) is -3.74. The smallest absolute Gasteiger partial charge is 0.411 e. The molecule has 1 heterocycles. The van der Waals surface area contributed by atoms with Crippen LogP contribution in [0.25, 0.3) is 0 Å². The number of esters is 1. The van der Waals surface area contributed by atoms with Gasteiger partial charge in [0.2, 0.25) is 0 Å². The second kappa shape index (κ2) is 5.41. The van der Waals surface area contributed by atoms with Gasteiger partial charge < -0.3 is 14.6 Å². The van der Waals surface area contributed by atoms with Crippen molar-refractivity contribution in [3.63, 3.8) is 0 Å². The van der Waals surface area contributed by atoms with Gasteiger partial charge >= 0.3 is 12.1 Å². The third kappa shape index (κ3) is 3.72. The Morgan fingerprint density at radius 3 is 1.77 bits per heavy atom. The van der Waals surface area contributed by atoms with Gasteiger partial charge in [0.25, 0.3) is 0 Å². The molecule has 1 fully saturated rings. The van der Waals surface area contributed by atoms with Crippen molar-refractivity contribution < 1.29 is 24.2 Å². The third-order valence-corrected chi connectivity index (χ3v) is 3.80. The normalized spacial score (nSPS) is 22.9. The zero-order chi connectivity index (χ0) is 17.6. The summed E-state index contributed by atoms with van der Waals surface area (Å²) >= 11 is 0. The van der Waals surface area contributed by atoms with Gasteiger partial charge in [-0.15, -0.1) is 0 Å². The molecular formula is C16H29NO5. The van der Waals surface area contributed by atoms with Crippen LogP contribution in [0.1, 0.15) is 61.3 Å². The molecule has 0 aliphatic carbocycles. The highest BCUT2D eigenvalue weighted by molar-refractivity contribution is 5.81. The van der Waals surface area contributed by atoms with Gasteiger partial charge in [0, 0.05) is 23.9 Å². The van der Waals surface area contributed by atoms with E-state index in [1.807, 2.05) is 27.7 Å². The summed E-state index contributed by atoms with van der Waals surface area (Å²) < 4.78 is 10.2. The van der Waals surface area contributed by atoms with Gasteiger partial charge in [0.05, 0.1) is 7.11 Å². The first kappa shape index (κ1) is 18.7. The number of aliphatic hydroxyl groups is 1. The zero-order valence-electron chi connectivity index (χ0n) is 14.9. The number of methoxy groups -OCH3 is 1. The predicted octanol–water partition coefficient (Wildman–Crippen LogP) is 2.48. The molecule has 0 bridgehead atoms. The summed E-state index contributed by atoms with van der Waals surface area (Å²) in [7, 11) is 1.25. The molecule has 6 nitrogen and oxygen atoms in total. The lowest BCUT2D eigenvalue weighted by molar-refractivity contribution is -0.183. The van der Waals surface area contributed by atoms with E-state index >= 15 is 0 Å². The highest BCUT2D eigenvalue weighted by Crippen LogP contribution is 2.44. The molecule has 1 saturated heterocycles. The lowest BCUT2D eigenvalue weighted by Crippen LogP contribution is -2.69. The third-order valence-electron chi connectivity index (χ3n) is 3.80. The highest BCUT2D eigenvalue weighted by atomic mass is 16.6. The topological polar surface area (TPSA) is 76.1 Å². The molecule has 0 atom stereocenters. The van der Waals surface area contributed by atoms with E-state index in [0.717, 1.165) is 0 Å². The van der Waals surface area contributed by atoms with Crippen LogP contribution in [0.4, 0.5) is 4.79 Å². The number of piperidine rings is 1. The number of carbonyl (C=O) groups excluding carboxylic acids is 2. The van der Waals surface area contributed by atoms with Gasteiger partial charge in [-0.05, 0) is 48.5 Å². The number of carbonyl (C=O) groups is 2. The zero-order valence-corrected chi connectivity index (χ0v) is 14.9. The summed E-state index contributed by atoms with van der Waals surface area (Å²) in [5, 5.41) is 10.7. The Labute approximate surface area is 132 Å². The minimum absolute atomic E-state index is 0.0926. The number of likely N-dealkylation sites (tertiary alicyclic amines) is 1. The predicted molar refractivity (Wildman–Crippen MR) is 82.4 cm³/mol. The summed E-state index contributed by atoms with van der Waals surface area (Å²) in [6.45, 7) is 12.7. The first-order valence-electron chi connectivity index (χ1n) is 7.49. The Kier molecular flexibility index (Phi) is 4.61. The minimum atomic E-state index is -1.61. The lowest BCUT2D eigenvalue weighted by atomic mass is 9.71. The van der Waals surface area contributed by atoms with E-state index in [1.54, 1.807) is 25.7 Å². The molecule has 0 saturated carbocycles. The fourth-order valence-corrected chi connectivity index (χ4v) is 3.61. The van der Waals surface area contributed by atoms with Crippen molar-refractivity contribution in [2.75, 3.05) is 7.11 Å². The Hall–Kier alpha value is -1.30. The van der Waals surface area contributed by atoms with Gasteiger partial charge in [-0.2, -0.15) is 0 Å². The monoisotopic (exact) mass is 315 g/mol. The molecule has 0 aromatic carbocycles. The number of hydrogen-bond donors (Lipinski definition) is 1. The minimum Gasteiger partial charge on any atom is -0.467 e. The number of hydrogen-bond acceptors (Lipinski definition) is 5. The van der Waals surface area contributed by atoms with E-state index in [1.165, 1.54) is 7.11 Å². The molecule has 1 aliphatic heterocycles. The Bertz CT molecular complexity index is 444. The van der Waals surface area contributed by atoms with E-state index in [4.69, 9.17) is 9.47 Å². The molecule has 1 amide bonds. The summed E-state index contributed by atoms with van der Waals surface area (Å²) in [6, 6.07) is 0. The van der Waals surface area contributed by atoms with Gasteiger partial charge in [0.15, 0.2) is 5.60 Å². The molecule has 1 aliphatic rings. The van der Waals surface area contributed by atoms with E-state index < -0.39 is 34.3 Å². The summed E-state index contributed by atoms with van der Waals surface area (Å²) in [5.74, 6) is -0.669. The molecule has 6 heteroatoms. The fourth-order valence-electron chi connectivity index (χ4n) is 3.61. The number of nitrogens with zero attached hydrogens (tertiary/aromatic N) is 1. The van der Waals surface area contributed by atoms with Crippen molar-refractivity contribution in [3.8, 4) is 0 Å². The average Bonchev–Trinajstić information content (AvgIpc) is 2.20. The molecule has 0 radical (unpaired) electrons. The summed E-state index contributed by atoms with van der Waals surface area (Å²) in [6.07, 6.45) is -0.264. The number of amides is 1. The van der Waals surface area contributed by atoms with E-state index in [0.29, 0.717) is 0 Å². The van der Waals surface area contributed by atoms with Crippen LogP contribution in [0.2, 0.25) is 0 Å².